The van der Waals surface area contributed by atoms with Crippen LogP contribution in [0.2, 0.25) is 0 Å². The standard InChI is InChI=1S/C17H19N3O5/c1-25-8-7-15(22)18-12-4-2-3-10-11(12)9-20(17(10)24)13-5-6-14(21)19-16(13)23/h2-4,13H,5-9H2,1H3,(H,18,22)(H,19,21,23). The molecular weight excluding hydrogens is 326 g/mol. The van der Waals surface area contributed by atoms with Gasteiger partial charge in [0, 0.05) is 36.9 Å². The Morgan fingerprint density at radius 3 is 2.88 bits per heavy atom. The summed E-state index contributed by atoms with van der Waals surface area (Å²) in [5.41, 5.74) is 1.71. The van der Waals surface area contributed by atoms with Crippen LogP contribution in [0.4, 0.5) is 5.69 Å². The van der Waals surface area contributed by atoms with Gasteiger partial charge in [0.2, 0.25) is 17.7 Å². The molecule has 2 aliphatic rings. The van der Waals surface area contributed by atoms with E-state index in [1.807, 2.05) is 0 Å². The second-order valence-electron chi connectivity index (χ2n) is 6.02. The van der Waals surface area contributed by atoms with Crippen LogP contribution in [0.5, 0.6) is 0 Å². The van der Waals surface area contributed by atoms with Crippen molar-refractivity contribution in [2.75, 3.05) is 19.0 Å². The van der Waals surface area contributed by atoms with Gasteiger partial charge in [-0.3, -0.25) is 24.5 Å². The number of methoxy groups -OCH3 is 1. The molecule has 4 amide bonds. The Balaban J connectivity index is 1.79. The highest BCUT2D eigenvalue weighted by atomic mass is 16.5. The largest absolute Gasteiger partial charge is 0.384 e. The third kappa shape index (κ3) is 3.39. The van der Waals surface area contributed by atoms with E-state index in [9.17, 15) is 19.2 Å². The molecule has 0 radical (unpaired) electrons. The van der Waals surface area contributed by atoms with Gasteiger partial charge in [0.25, 0.3) is 5.91 Å². The van der Waals surface area contributed by atoms with Crippen molar-refractivity contribution < 1.29 is 23.9 Å². The first-order valence-electron chi connectivity index (χ1n) is 8.06. The van der Waals surface area contributed by atoms with Crippen molar-refractivity contribution in [2.24, 2.45) is 0 Å². The van der Waals surface area contributed by atoms with E-state index in [1.54, 1.807) is 18.2 Å². The highest BCUT2D eigenvalue weighted by Crippen LogP contribution is 2.32. The van der Waals surface area contributed by atoms with E-state index >= 15 is 0 Å². The molecule has 2 aliphatic heterocycles. The molecule has 0 aliphatic carbocycles. The maximum Gasteiger partial charge on any atom is 0.255 e. The van der Waals surface area contributed by atoms with Crippen LogP contribution in [0.3, 0.4) is 0 Å². The molecule has 1 aromatic carbocycles. The Labute approximate surface area is 144 Å². The first-order chi connectivity index (χ1) is 12.0. The van der Waals surface area contributed by atoms with E-state index in [-0.39, 0.29) is 37.1 Å². The molecule has 1 atom stereocenters. The van der Waals surface area contributed by atoms with E-state index in [2.05, 4.69) is 10.6 Å². The molecule has 0 spiro atoms. The zero-order valence-corrected chi connectivity index (χ0v) is 13.8. The first kappa shape index (κ1) is 17.1. The minimum absolute atomic E-state index is 0.205. The highest BCUT2D eigenvalue weighted by Gasteiger charge is 2.39. The summed E-state index contributed by atoms with van der Waals surface area (Å²) >= 11 is 0. The number of imide groups is 1. The third-order valence-corrected chi connectivity index (χ3v) is 4.39. The number of hydrogen-bond donors (Lipinski definition) is 2. The molecule has 8 heteroatoms. The number of carbonyl (C=O) groups excluding carboxylic acids is 4. The molecule has 0 bridgehead atoms. The van der Waals surface area contributed by atoms with Gasteiger partial charge in [0.05, 0.1) is 13.0 Å². The smallest absolute Gasteiger partial charge is 0.255 e. The highest BCUT2D eigenvalue weighted by molar-refractivity contribution is 6.06. The van der Waals surface area contributed by atoms with E-state index in [4.69, 9.17) is 4.74 Å². The Morgan fingerprint density at radius 1 is 1.36 bits per heavy atom. The minimum atomic E-state index is -0.672. The van der Waals surface area contributed by atoms with Crippen molar-refractivity contribution in [1.29, 1.82) is 0 Å². The number of carbonyl (C=O) groups is 4. The number of benzene rings is 1. The van der Waals surface area contributed by atoms with Gasteiger partial charge >= 0.3 is 0 Å². The van der Waals surface area contributed by atoms with Gasteiger partial charge in [0.1, 0.15) is 6.04 Å². The summed E-state index contributed by atoms with van der Waals surface area (Å²) in [5, 5.41) is 5.06. The monoisotopic (exact) mass is 345 g/mol. The molecule has 8 nitrogen and oxygen atoms in total. The van der Waals surface area contributed by atoms with Crippen molar-refractivity contribution in [2.45, 2.75) is 31.8 Å². The zero-order valence-electron chi connectivity index (χ0n) is 13.8. The van der Waals surface area contributed by atoms with Crippen molar-refractivity contribution in [1.82, 2.24) is 10.2 Å². The number of rotatable bonds is 5. The van der Waals surface area contributed by atoms with E-state index < -0.39 is 11.9 Å². The molecule has 0 saturated carbocycles. The minimum Gasteiger partial charge on any atom is -0.384 e. The molecule has 25 heavy (non-hydrogen) atoms. The lowest BCUT2D eigenvalue weighted by Crippen LogP contribution is -2.52. The Kier molecular flexibility index (Phi) is 4.80. The zero-order chi connectivity index (χ0) is 18.0. The fourth-order valence-corrected chi connectivity index (χ4v) is 3.11. The van der Waals surface area contributed by atoms with Crippen LogP contribution >= 0.6 is 0 Å². The molecule has 1 saturated heterocycles. The second-order valence-corrected chi connectivity index (χ2v) is 6.02. The summed E-state index contributed by atoms with van der Waals surface area (Å²) in [6.45, 7) is 0.531. The fraction of sp³-hybridized carbons (Fsp3) is 0.412. The van der Waals surface area contributed by atoms with E-state index in [0.29, 0.717) is 29.8 Å². The SMILES string of the molecule is COCCC(=O)Nc1cccc2c1CN(C1CCC(=O)NC1=O)C2=O. The van der Waals surface area contributed by atoms with Gasteiger partial charge in [0.15, 0.2) is 0 Å². The summed E-state index contributed by atoms with van der Waals surface area (Å²) in [7, 11) is 1.52. The number of anilines is 1. The van der Waals surface area contributed by atoms with Crippen molar-refractivity contribution >= 4 is 29.3 Å². The summed E-state index contributed by atoms with van der Waals surface area (Å²) in [5.74, 6) is -1.25. The molecule has 2 heterocycles. The Bertz CT molecular complexity index is 746. The maximum absolute atomic E-state index is 12.7. The van der Waals surface area contributed by atoms with Crippen molar-refractivity contribution in [3.8, 4) is 0 Å². The van der Waals surface area contributed by atoms with Gasteiger partial charge in [-0.2, -0.15) is 0 Å². The number of fused-ring (bicyclic) bond motifs is 1. The quantitative estimate of drug-likeness (QED) is 0.753. The van der Waals surface area contributed by atoms with Crippen molar-refractivity contribution in [3.63, 3.8) is 0 Å². The molecule has 1 aromatic rings. The van der Waals surface area contributed by atoms with Gasteiger partial charge in [-0.25, -0.2) is 0 Å². The summed E-state index contributed by atoms with van der Waals surface area (Å²) in [4.78, 5) is 49.4. The van der Waals surface area contributed by atoms with Crippen LogP contribution in [-0.4, -0.2) is 48.3 Å². The number of ether oxygens (including phenoxy) is 1. The summed E-state index contributed by atoms with van der Waals surface area (Å²) in [6, 6.07) is 4.42. The van der Waals surface area contributed by atoms with Gasteiger partial charge in [-0.15, -0.1) is 0 Å². The van der Waals surface area contributed by atoms with Crippen LogP contribution in [0.15, 0.2) is 18.2 Å². The van der Waals surface area contributed by atoms with Crippen molar-refractivity contribution in [3.05, 3.63) is 29.3 Å². The first-order valence-corrected chi connectivity index (χ1v) is 8.06. The Hall–Kier alpha value is -2.74. The predicted molar refractivity (Wildman–Crippen MR) is 87.6 cm³/mol. The predicted octanol–water partition coefficient (Wildman–Crippen LogP) is 0.423. The third-order valence-electron chi connectivity index (χ3n) is 4.39. The molecular formula is C17H19N3O5. The van der Waals surface area contributed by atoms with Crippen LogP contribution in [0.1, 0.15) is 35.2 Å². The van der Waals surface area contributed by atoms with E-state index in [0.717, 1.165) is 0 Å². The number of hydrogen-bond acceptors (Lipinski definition) is 5. The topological polar surface area (TPSA) is 105 Å². The summed E-state index contributed by atoms with van der Waals surface area (Å²) in [6.07, 6.45) is 0.724. The maximum atomic E-state index is 12.7. The normalized spacial score (nSPS) is 19.6. The Morgan fingerprint density at radius 2 is 2.16 bits per heavy atom. The molecule has 2 N–H and O–H groups in total. The molecule has 132 valence electrons. The average molecular weight is 345 g/mol. The van der Waals surface area contributed by atoms with Gasteiger partial charge in [-0.05, 0) is 18.6 Å². The second kappa shape index (κ2) is 7.02. The van der Waals surface area contributed by atoms with Gasteiger partial charge < -0.3 is 15.0 Å². The average Bonchev–Trinajstić information content (AvgIpc) is 2.91. The molecule has 1 unspecified atom stereocenters. The number of nitrogens with one attached hydrogen (secondary N) is 2. The lowest BCUT2D eigenvalue weighted by Gasteiger charge is -2.29. The van der Waals surface area contributed by atoms with Gasteiger partial charge in [-0.1, -0.05) is 6.07 Å². The van der Waals surface area contributed by atoms with Crippen LogP contribution in [0, 0.1) is 0 Å². The molecule has 1 fully saturated rings. The van der Waals surface area contributed by atoms with Crippen LogP contribution < -0.4 is 10.6 Å². The van der Waals surface area contributed by atoms with Crippen LogP contribution in [-0.2, 0) is 25.7 Å². The van der Waals surface area contributed by atoms with Crippen LogP contribution in [0.25, 0.3) is 0 Å². The number of amides is 4. The molecule has 3 rings (SSSR count). The van der Waals surface area contributed by atoms with E-state index in [1.165, 1.54) is 12.0 Å². The lowest BCUT2D eigenvalue weighted by molar-refractivity contribution is -0.137. The fourth-order valence-electron chi connectivity index (χ4n) is 3.11. The lowest BCUT2D eigenvalue weighted by atomic mass is 10.0. The summed E-state index contributed by atoms with van der Waals surface area (Å²) < 4.78 is 4.88. The molecule has 0 aromatic heterocycles. The number of nitrogens with zero attached hydrogens (tertiary/aromatic N) is 1. The number of piperidine rings is 1.